The lowest BCUT2D eigenvalue weighted by molar-refractivity contribution is -0.143. The number of carbonyl (C=O) groups excluding carboxylic acids is 3. The number of fused-ring (bicyclic) bond motifs is 1. The highest BCUT2D eigenvalue weighted by Crippen LogP contribution is 2.19. The molecule has 1 aromatic carbocycles. The van der Waals surface area contributed by atoms with Gasteiger partial charge in [0.1, 0.15) is 12.1 Å². The van der Waals surface area contributed by atoms with Gasteiger partial charge in [-0.1, -0.05) is 38.5 Å². The zero-order valence-corrected chi connectivity index (χ0v) is 17.6. The maximum absolute atomic E-state index is 13.0. The number of aromatic amines is 1. The summed E-state index contributed by atoms with van der Waals surface area (Å²) in [5, 5.41) is 15.4. The van der Waals surface area contributed by atoms with Crippen LogP contribution in [0.5, 0.6) is 0 Å². The smallest absolute Gasteiger partial charge is 0.326 e. The second-order valence-electron chi connectivity index (χ2n) is 7.61. The third kappa shape index (κ3) is 6.29. The summed E-state index contributed by atoms with van der Waals surface area (Å²) in [6.07, 6.45) is 1.99. The predicted molar refractivity (Wildman–Crippen MR) is 115 cm³/mol. The molecule has 0 fully saturated rings. The van der Waals surface area contributed by atoms with Gasteiger partial charge in [-0.05, 0) is 17.5 Å². The molecule has 0 aliphatic heterocycles. The zero-order chi connectivity index (χ0) is 23.1. The maximum atomic E-state index is 13.0. The van der Waals surface area contributed by atoms with E-state index in [0.29, 0.717) is 6.42 Å². The van der Waals surface area contributed by atoms with Crippen LogP contribution in [-0.4, -0.2) is 51.9 Å². The van der Waals surface area contributed by atoms with Gasteiger partial charge in [-0.3, -0.25) is 14.4 Å². The van der Waals surface area contributed by atoms with Gasteiger partial charge >= 0.3 is 5.97 Å². The molecule has 10 heteroatoms. The van der Waals surface area contributed by atoms with Crippen LogP contribution in [0, 0.1) is 5.92 Å². The second kappa shape index (κ2) is 10.6. The van der Waals surface area contributed by atoms with Gasteiger partial charge in [-0.15, -0.1) is 0 Å². The molecule has 168 valence electrons. The minimum absolute atomic E-state index is 0.0950. The van der Waals surface area contributed by atoms with Crippen molar-refractivity contribution >= 4 is 34.6 Å². The number of carboxylic acid groups (broad SMARTS) is 1. The van der Waals surface area contributed by atoms with Gasteiger partial charge in [0.05, 0.1) is 12.5 Å². The third-order valence-corrected chi connectivity index (χ3v) is 5.27. The fourth-order valence-corrected chi connectivity index (χ4v) is 3.25. The molecule has 2 aromatic rings. The first-order valence-corrected chi connectivity index (χ1v) is 10.1. The third-order valence-electron chi connectivity index (χ3n) is 5.27. The summed E-state index contributed by atoms with van der Waals surface area (Å²) in [5.74, 6) is -3.61. The lowest BCUT2D eigenvalue weighted by atomic mass is 9.98. The molecule has 0 saturated heterocycles. The number of nitrogens with one attached hydrogen (secondary N) is 3. The maximum Gasteiger partial charge on any atom is 0.326 e. The first-order chi connectivity index (χ1) is 14.6. The average molecular weight is 431 g/mol. The summed E-state index contributed by atoms with van der Waals surface area (Å²) < 4.78 is 0. The quantitative estimate of drug-likeness (QED) is 0.291. The molecule has 0 unspecified atom stereocenters. The average Bonchev–Trinajstić information content (AvgIpc) is 3.12. The van der Waals surface area contributed by atoms with Crippen LogP contribution in [0.15, 0.2) is 30.5 Å². The monoisotopic (exact) mass is 431 g/mol. The van der Waals surface area contributed by atoms with Crippen molar-refractivity contribution in [2.45, 2.75) is 51.2 Å². The van der Waals surface area contributed by atoms with Crippen LogP contribution in [0.2, 0.25) is 0 Å². The van der Waals surface area contributed by atoms with E-state index >= 15 is 0 Å². The Hall–Kier alpha value is -3.40. The van der Waals surface area contributed by atoms with E-state index in [1.54, 1.807) is 13.1 Å². The van der Waals surface area contributed by atoms with Crippen LogP contribution in [0.3, 0.4) is 0 Å². The Morgan fingerprint density at radius 2 is 1.81 bits per heavy atom. The van der Waals surface area contributed by atoms with Crippen LogP contribution < -0.4 is 22.1 Å². The Balaban J connectivity index is 2.27. The van der Waals surface area contributed by atoms with Gasteiger partial charge in [0, 0.05) is 23.5 Å². The minimum Gasteiger partial charge on any atom is -0.480 e. The molecule has 0 spiro atoms. The summed E-state index contributed by atoms with van der Waals surface area (Å²) in [5.41, 5.74) is 12.4. The van der Waals surface area contributed by atoms with E-state index in [0.717, 1.165) is 16.5 Å². The number of hydrogen-bond acceptors (Lipinski definition) is 5. The van der Waals surface area contributed by atoms with E-state index in [4.69, 9.17) is 11.5 Å². The molecular formula is C21H29N5O5. The molecule has 1 aromatic heterocycles. The zero-order valence-electron chi connectivity index (χ0n) is 17.6. The van der Waals surface area contributed by atoms with E-state index in [1.807, 2.05) is 31.2 Å². The predicted octanol–water partition coefficient (Wildman–Crippen LogP) is 0.0134. The number of hydrogen-bond donors (Lipinski definition) is 6. The summed E-state index contributed by atoms with van der Waals surface area (Å²) in [4.78, 5) is 51.2. The number of rotatable bonds is 11. The Kier molecular flexibility index (Phi) is 8.14. The van der Waals surface area contributed by atoms with Crippen molar-refractivity contribution in [1.82, 2.24) is 15.6 Å². The molecule has 3 amide bonds. The second-order valence-corrected chi connectivity index (χ2v) is 7.61. The molecule has 8 N–H and O–H groups in total. The minimum atomic E-state index is -1.22. The summed E-state index contributed by atoms with van der Waals surface area (Å²) in [6.45, 7) is 3.54. The van der Waals surface area contributed by atoms with Crippen molar-refractivity contribution in [3.63, 3.8) is 0 Å². The van der Waals surface area contributed by atoms with Gasteiger partial charge in [0.25, 0.3) is 0 Å². The van der Waals surface area contributed by atoms with Crippen molar-refractivity contribution < 1.29 is 24.3 Å². The molecule has 0 radical (unpaired) electrons. The molecule has 0 bridgehead atoms. The van der Waals surface area contributed by atoms with E-state index < -0.39 is 41.8 Å². The van der Waals surface area contributed by atoms with Gasteiger partial charge in [0.15, 0.2) is 0 Å². The van der Waals surface area contributed by atoms with Crippen LogP contribution in [0.4, 0.5) is 0 Å². The first-order valence-electron chi connectivity index (χ1n) is 10.1. The van der Waals surface area contributed by atoms with Crippen molar-refractivity contribution in [2.75, 3.05) is 0 Å². The topological polar surface area (TPSA) is 180 Å². The van der Waals surface area contributed by atoms with Crippen LogP contribution >= 0.6 is 0 Å². The lowest BCUT2D eigenvalue weighted by Crippen LogP contribution is -2.56. The highest BCUT2D eigenvalue weighted by Gasteiger charge is 2.31. The van der Waals surface area contributed by atoms with E-state index in [9.17, 15) is 24.3 Å². The Morgan fingerprint density at radius 3 is 2.42 bits per heavy atom. The van der Waals surface area contributed by atoms with E-state index in [-0.39, 0.29) is 18.8 Å². The molecule has 0 aliphatic rings. The van der Waals surface area contributed by atoms with Gasteiger partial charge in [-0.2, -0.15) is 0 Å². The molecular weight excluding hydrogens is 402 g/mol. The number of aromatic nitrogens is 1. The number of para-hydroxylation sites is 1. The molecule has 0 aliphatic carbocycles. The van der Waals surface area contributed by atoms with E-state index in [2.05, 4.69) is 15.6 Å². The van der Waals surface area contributed by atoms with Crippen molar-refractivity contribution in [1.29, 1.82) is 0 Å². The highest BCUT2D eigenvalue weighted by molar-refractivity contribution is 5.94. The lowest BCUT2D eigenvalue weighted by Gasteiger charge is -2.25. The van der Waals surface area contributed by atoms with Crippen LogP contribution in [0.25, 0.3) is 10.9 Å². The van der Waals surface area contributed by atoms with Crippen molar-refractivity contribution in [3.05, 3.63) is 36.0 Å². The standard InChI is InChI=1S/C21H29N5O5/c1-3-11(2)18(21(30)31)26-20(29)16(25-19(28)14(22)9-17(23)27)8-12-10-24-15-7-5-4-6-13(12)15/h4-7,10-11,14,16,18,24H,3,8-9,22H2,1-2H3,(H2,23,27)(H,25,28)(H,26,29)(H,30,31)/t11-,14-,16-,18-/m0/s1. The molecule has 31 heavy (non-hydrogen) atoms. The number of carbonyl (C=O) groups is 4. The highest BCUT2D eigenvalue weighted by atomic mass is 16.4. The number of nitrogens with two attached hydrogens (primary N) is 2. The fraction of sp³-hybridized carbons (Fsp3) is 0.429. The molecule has 0 saturated carbocycles. The Morgan fingerprint density at radius 1 is 1.13 bits per heavy atom. The number of benzene rings is 1. The molecule has 2 rings (SSSR count). The van der Waals surface area contributed by atoms with Gasteiger partial charge in [0.2, 0.25) is 17.7 Å². The largest absolute Gasteiger partial charge is 0.480 e. The van der Waals surface area contributed by atoms with Crippen molar-refractivity contribution in [3.8, 4) is 0 Å². The van der Waals surface area contributed by atoms with Crippen LogP contribution in [0.1, 0.15) is 32.3 Å². The van der Waals surface area contributed by atoms with Crippen LogP contribution in [-0.2, 0) is 25.6 Å². The van der Waals surface area contributed by atoms with Gasteiger partial charge < -0.3 is 32.2 Å². The number of carboxylic acids is 1. The molecule has 10 nitrogen and oxygen atoms in total. The molecule has 4 atom stereocenters. The number of amides is 3. The Bertz CT molecular complexity index is 957. The normalized spacial score (nSPS) is 14.9. The van der Waals surface area contributed by atoms with Gasteiger partial charge in [-0.25, -0.2) is 4.79 Å². The Labute approximate surface area is 179 Å². The number of H-pyrrole nitrogens is 1. The summed E-state index contributed by atoms with van der Waals surface area (Å²) >= 11 is 0. The first kappa shape index (κ1) is 23.9. The number of primary amides is 1. The summed E-state index contributed by atoms with van der Waals surface area (Å²) in [7, 11) is 0. The SMILES string of the molecule is CC[C@H](C)[C@H](NC(=O)[C@H](Cc1c[nH]c2ccccc12)NC(=O)[C@@H](N)CC(N)=O)C(=O)O. The van der Waals surface area contributed by atoms with Crippen molar-refractivity contribution in [2.24, 2.45) is 17.4 Å². The summed E-state index contributed by atoms with van der Waals surface area (Å²) in [6, 6.07) is 4.02. The fourth-order valence-electron chi connectivity index (χ4n) is 3.25. The van der Waals surface area contributed by atoms with E-state index in [1.165, 1.54) is 0 Å². The molecule has 1 heterocycles. The number of aliphatic carboxylic acids is 1.